The number of hydrogen-bond acceptors (Lipinski definition) is 5. The average Bonchev–Trinajstić information content (AvgIpc) is 3.37. The van der Waals surface area contributed by atoms with Gasteiger partial charge in [0.25, 0.3) is 11.1 Å². The number of anilines is 1. The normalized spacial score (nSPS) is 17.2. The van der Waals surface area contributed by atoms with Crippen molar-refractivity contribution < 1.29 is 19.2 Å². The van der Waals surface area contributed by atoms with Crippen LogP contribution in [0.15, 0.2) is 59.6 Å². The van der Waals surface area contributed by atoms with Gasteiger partial charge in [0.2, 0.25) is 11.8 Å². The van der Waals surface area contributed by atoms with Gasteiger partial charge in [0, 0.05) is 46.5 Å². The molecule has 0 aliphatic carbocycles. The Hall–Kier alpha value is -3.56. The topological polar surface area (TPSA) is 91.7 Å². The first kappa shape index (κ1) is 25.1. The number of piperidine rings is 1. The van der Waals surface area contributed by atoms with Crippen LogP contribution in [0.2, 0.25) is 5.02 Å². The molecule has 190 valence electrons. The lowest BCUT2D eigenvalue weighted by Crippen LogP contribution is -2.44. The van der Waals surface area contributed by atoms with Crippen LogP contribution in [-0.2, 0) is 20.9 Å². The minimum Gasteiger partial charge on any atom is -0.341 e. The Morgan fingerprint density at radius 1 is 0.973 bits per heavy atom. The highest BCUT2D eigenvalue weighted by atomic mass is 35.5. The predicted molar refractivity (Wildman–Crippen MR) is 145 cm³/mol. The minimum atomic E-state index is -0.474. The number of thioether (sulfide) groups is 1. The number of carbonyl (C=O) groups is 4. The molecule has 0 spiro atoms. The van der Waals surface area contributed by atoms with Gasteiger partial charge in [-0.05, 0) is 67.4 Å². The molecule has 0 unspecified atom stereocenters. The van der Waals surface area contributed by atoms with Gasteiger partial charge in [-0.3, -0.25) is 24.1 Å². The average molecular weight is 537 g/mol. The Labute approximate surface area is 223 Å². The second kappa shape index (κ2) is 10.8. The zero-order chi connectivity index (χ0) is 25.9. The fraction of sp³-hybridized carbons (Fsp3) is 0.259. The quantitative estimate of drug-likeness (QED) is 0.448. The summed E-state index contributed by atoms with van der Waals surface area (Å²) in [5, 5.41) is 3.83. The molecule has 37 heavy (non-hydrogen) atoms. The van der Waals surface area contributed by atoms with E-state index >= 15 is 0 Å². The highest BCUT2D eigenvalue weighted by molar-refractivity contribution is 8.18. The van der Waals surface area contributed by atoms with Crippen LogP contribution in [0.3, 0.4) is 0 Å². The molecular formula is C27H25ClN4O4S. The lowest BCUT2D eigenvalue weighted by Gasteiger charge is -2.27. The summed E-state index contributed by atoms with van der Waals surface area (Å²) >= 11 is 6.74. The number of para-hydroxylation sites is 1. The molecule has 8 nitrogen and oxygen atoms in total. The summed E-state index contributed by atoms with van der Waals surface area (Å²) in [6.45, 7) is 1.14. The van der Waals surface area contributed by atoms with Crippen molar-refractivity contribution in [3.05, 3.63) is 70.2 Å². The maximum atomic E-state index is 13.1. The van der Waals surface area contributed by atoms with Gasteiger partial charge in [0.15, 0.2) is 0 Å². The van der Waals surface area contributed by atoms with Crippen LogP contribution in [0, 0.1) is 0 Å². The van der Waals surface area contributed by atoms with Crippen LogP contribution >= 0.6 is 23.4 Å². The first-order chi connectivity index (χ1) is 17.9. The van der Waals surface area contributed by atoms with Crippen molar-refractivity contribution in [2.24, 2.45) is 0 Å². The van der Waals surface area contributed by atoms with Gasteiger partial charge in [-0.1, -0.05) is 29.8 Å². The molecule has 1 N–H and O–H groups in total. The van der Waals surface area contributed by atoms with E-state index in [1.807, 2.05) is 24.3 Å². The van der Waals surface area contributed by atoms with Crippen molar-refractivity contribution >= 4 is 69.0 Å². The lowest BCUT2D eigenvalue weighted by atomic mass is 10.1. The molecule has 10 heteroatoms. The predicted octanol–water partition coefficient (Wildman–Crippen LogP) is 4.98. The van der Waals surface area contributed by atoms with Gasteiger partial charge in [0.1, 0.15) is 13.1 Å². The summed E-state index contributed by atoms with van der Waals surface area (Å²) < 4.78 is 1.80. The molecule has 5 rings (SSSR count). The zero-order valence-electron chi connectivity index (χ0n) is 20.0. The Morgan fingerprint density at radius 2 is 1.70 bits per heavy atom. The van der Waals surface area contributed by atoms with Gasteiger partial charge < -0.3 is 14.8 Å². The van der Waals surface area contributed by atoms with E-state index in [2.05, 4.69) is 5.32 Å². The van der Waals surface area contributed by atoms with E-state index in [1.165, 1.54) is 0 Å². The molecule has 0 radical (unpaired) electrons. The molecule has 4 amide bonds. The van der Waals surface area contributed by atoms with Gasteiger partial charge >= 0.3 is 0 Å². The lowest BCUT2D eigenvalue weighted by molar-refractivity contribution is -0.136. The maximum absolute atomic E-state index is 13.1. The summed E-state index contributed by atoms with van der Waals surface area (Å²) in [6.07, 6.45) is 6.42. The summed E-state index contributed by atoms with van der Waals surface area (Å²) in [7, 11) is 0. The number of amides is 4. The number of aromatic nitrogens is 1. The molecule has 1 aromatic heterocycles. The first-order valence-corrected chi connectivity index (χ1v) is 13.2. The van der Waals surface area contributed by atoms with Crippen LogP contribution < -0.4 is 5.32 Å². The first-order valence-electron chi connectivity index (χ1n) is 12.1. The summed E-state index contributed by atoms with van der Waals surface area (Å²) in [5.74, 6) is -0.893. The number of rotatable bonds is 6. The molecule has 2 aliphatic heterocycles. The number of nitrogens with zero attached hydrogens (tertiary/aromatic N) is 3. The van der Waals surface area contributed by atoms with Crippen molar-refractivity contribution in [3.8, 4) is 0 Å². The molecule has 3 aromatic rings. The minimum absolute atomic E-state index is 0.0583. The molecule has 2 aliphatic rings. The summed E-state index contributed by atoms with van der Waals surface area (Å²) in [6, 6.07) is 14.4. The van der Waals surface area contributed by atoms with Crippen LogP contribution in [0.1, 0.15) is 24.8 Å². The van der Waals surface area contributed by atoms with Crippen molar-refractivity contribution in [1.82, 2.24) is 14.4 Å². The van der Waals surface area contributed by atoms with Gasteiger partial charge in [0.05, 0.1) is 4.91 Å². The molecule has 2 saturated heterocycles. The number of nitrogens with one attached hydrogen (secondary N) is 1. The third kappa shape index (κ3) is 5.57. The van der Waals surface area contributed by atoms with Crippen molar-refractivity contribution in [2.45, 2.75) is 25.8 Å². The van der Waals surface area contributed by atoms with Gasteiger partial charge in [-0.25, -0.2) is 0 Å². The molecule has 0 saturated carbocycles. The Bertz CT molecular complexity index is 1410. The third-order valence-corrected chi connectivity index (χ3v) is 7.58. The second-order valence-electron chi connectivity index (χ2n) is 8.99. The van der Waals surface area contributed by atoms with E-state index in [0.29, 0.717) is 29.4 Å². The van der Waals surface area contributed by atoms with Gasteiger partial charge in [-0.2, -0.15) is 0 Å². The standard InChI is InChI=1S/C27H25ClN4O4S/c28-19-8-10-20(11-9-19)29-24(33)16-31-15-18(21-6-2-3-7-22(21)31)14-23-26(35)32(27(36)37-23)17-25(34)30-12-4-1-5-13-30/h2-3,6-11,14-15H,1,4-5,12-13,16-17H2,(H,29,33)/b23-14-. The van der Waals surface area contributed by atoms with E-state index in [-0.39, 0.29) is 29.8 Å². The van der Waals surface area contributed by atoms with E-state index < -0.39 is 11.1 Å². The number of fused-ring (bicyclic) bond motifs is 1. The molecule has 2 fully saturated rings. The van der Waals surface area contributed by atoms with Crippen molar-refractivity contribution in [2.75, 3.05) is 25.0 Å². The largest absolute Gasteiger partial charge is 0.341 e. The van der Waals surface area contributed by atoms with Gasteiger partial charge in [-0.15, -0.1) is 0 Å². The number of carbonyl (C=O) groups excluding carboxylic acids is 4. The summed E-state index contributed by atoms with van der Waals surface area (Å²) in [5.41, 5.74) is 2.17. The number of hydrogen-bond donors (Lipinski definition) is 1. The van der Waals surface area contributed by atoms with Crippen LogP contribution in [0.25, 0.3) is 17.0 Å². The Kier molecular flexibility index (Phi) is 7.34. The fourth-order valence-electron chi connectivity index (χ4n) is 4.57. The molecule has 0 atom stereocenters. The highest BCUT2D eigenvalue weighted by Crippen LogP contribution is 2.34. The highest BCUT2D eigenvalue weighted by Gasteiger charge is 2.37. The molecule has 2 aromatic carbocycles. The SMILES string of the molecule is O=C(Cn1cc(/C=C2\SC(=O)N(CC(=O)N3CCCCC3)C2=O)c2ccccc21)Nc1ccc(Cl)cc1. The van der Waals surface area contributed by atoms with Crippen LogP contribution in [0.5, 0.6) is 0 Å². The maximum Gasteiger partial charge on any atom is 0.294 e. The molecule has 0 bridgehead atoms. The van der Waals surface area contributed by atoms with E-state index in [1.54, 1.807) is 46.0 Å². The number of benzene rings is 2. The molecular weight excluding hydrogens is 512 g/mol. The van der Waals surface area contributed by atoms with E-state index in [0.717, 1.165) is 46.8 Å². The summed E-state index contributed by atoms with van der Waals surface area (Å²) in [4.78, 5) is 54.0. The van der Waals surface area contributed by atoms with E-state index in [9.17, 15) is 19.2 Å². The third-order valence-electron chi connectivity index (χ3n) is 6.42. The Balaban J connectivity index is 1.34. The zero-order valence-corrected chi connectivity index (χ0v) is 21.6. The smallest absolute Gasteiger partial charge is 0.294 e. The number of likely N-dealkylation sites (tertiary alicyclic amines) is 1. The number of halogens is 1. The monoisotopic (exact) mass is 536 g/mol. The number of imide groups is 1. The van der Waals surface area contributed by atoms with E-state index in [4.69, 9.17) is 11.6 Å². The van der Waals surface area contributed by atoms with Crippen molar-refractivity contribution in [3.63, 3.8) is 0 Å². The second-order valence-corrected chi connectivity index (χ2v) is 10.4. The fourth-order valence-corrected chi connectivity index (χ4v) is 5.52. The molecule has 3 heterocycles. The van der Waals surface area contributed by atoms with Crippen molar-refractivity contribution in [1.29, 1.82) is 0 Å². The Morgan fingerprint density at radius 3 is 2.46 bits per heavy atom. The van der Waals surface area contributed by atoms with Crippen LogP contribution in [-0.4, -0.2) is 57.0 Å². The van der Waals surface area contributed by atoms with Crippen LogP contribution in [0.4, 0.5) is 10.5 Å².